The van der Waals surface area contributed by atoms with Gasteiger partial charge in [0, 0.05) is 11.7 Å². The average molecular weight is 308 g/mol. The van der Waals surface area contributed by atoms with Gasteiger partial charge >= 0.3 is 0 Å². The Morgan fingerprint density at radius 2 is 1.29 bits per heavy atom. The van der Waals surface area contributed by atoms with Crippen molar-refractivity contribution < 1.29 is 8.42 Å². The smallest absolute Gasteiger partial charge is 0.168 e. The highest BCUT2D eigenvalue weighted by atomic mass is 32.2. The lowest BCUT2D eigenvalue weighted by Gasteiger charge is -2.21. The van der Waals surface area contributed by atoms with Crippen molar-refractivity contribution in [1.29, 1.82) is 0 Å². The Kier molecular flexibility index (Phi) is 5.80. The zero-order valence-corrected chi connectivity index (χ0v) is 15.1. The molecule has 1 aromatic carbocycles. The van der Waals surface area contributed by atoms with E-state index in [2.05, 4.69) is 53.7 Å². The summed E-state index contributed by atoms with van der Waals surface area (Å²) in [4.78, 5) is 0. The standard InChI is InChI=1S/C18H28O2S/c1-12(2)15-10-17(13(3)4)16(8-9-21(7,19)20)18(11-15)14(5)6/h8-14H,1-7H3. The third-order valence-corrected chi connectivity index (χ3v) is 4.29. The molecular weight excluding hydrogens is 280 g/mol. The molecule has 2 nitrogen and oxygen atoms in total. The highest BCUT2D eigenvalue weighted by Gasteiger charge is 2.15. The maximum atomic E-state index is 11.5. The molecule has 0 aliphatic carbocycles. The van der Waals surface area contributed by atoms with E-state index < -0.39 is 9.84 Å². The molecule has 0 amide bonds. The Bertz CT molecular complexity index is 592. The van der Waals surface area contributed by atoms with E-state index in [1.54, 1.807) is 6.08 Å². The Balaban J connectivity index is 3.61. The van der Waals surface area contributed by atoms with Crippen LogP contribution in [0.2, 0.25) is 0 Å². The molecule has 1 aromatic rings. The van der Waals surface area contributed by atoms with Crippen molar-refractivity contribution in [2.45, 2.75) is 59.3 Å². The SMILES string of the molecule is CC(C)c1cc(C(C)C)c(C=CS(C)(=O)=O)c(C(C)C)c1. The van der Waals surface area contributed by atoms with E-state index in [1.807, 2.05) is 0 Å². The first-order chi connectivity index (χ1) is 9.53. The summed E-state index contributed by atoms with van der Waals surface area (Å²) in [6.45, 7) is 13.0. The highest BCUT2D eigenvalue weighted by Crippen LogP contribution is 2.33. The van der Waals surface area contributed by atoms with E-state index >= 15 is 0 Å². The van der Waals surface area contributed by atoms with Gasteiger partial charge in [-0.25, -0.2) is 8.42 Å². The molecule has 0 bridgehead atoms. The van der Waals surface area contributed by atoms with Crippen molar-refractivity contribution in [3.63, 3.8) is 0 Å². The molecule has 0 radical (unpaired) electrons. The van der Waals surface area contributed by atoms with Crippen LogP contribution >= 0.6 is 0 Å². The molecule has 0 heterocycles. The van der Waals surface area contributed by atoms with Crippen LogP contribution in [0.5, 0.6) is 0 Å². The number of hydrogen-bond donors (Lipinski definition) is 0. The predicted octanol–water partition coefficient (Wildman–Crippen LogP) is 5.07. The molecular formula is C18H28O2S. The second kappa shape index (κ2) is 6.78. The lowest BCUT2D eigenvalue weighted by molar-refractivity contribution is 0.610. The molecule has 0 aliphatic rings. The monoisotopic (exact) mass is 308 g/mol. The van der Waals surface area contributed by atoms with Gasteiger partial charge in [-0.2, -0.15) is 0 Å². The van der Waals surface area contributed by atoms with Crippen molar-refractivity contribution >= 4 is 15.9 Å². The molecule has 0 spiro atoms. The second-order valence-corrected chi connectivity index (χ2v) is 8.64. The number of hydrogen-bond acceptors (Lipinski definition) is 2. The molecule has 0 atom stereocenters. The van der Waals surface area contributed by atoms with Gasteiger partial charge in [-0.1, -0.05) is 53.7 Å². The maximum absolute atomic E-state index is 11.5. The fraction of sp³-hybridized carbons (Fsp3) is 0.556. The molecule has 0 saturated carbocycles. The van der Waals surface area contributed by atoms with Gasteiger partial charge in [0.05, 0.1) is 0 Å². The minimum atomic E-state index is -3.11. The Labute approximate surface area is 130 Å². The fourth-order valence-electron chi connectivity index (χ4n) is 2.40. The van der Waals surface area contributed by atoms with Crippen molar-refractivity contribution in [1.82, 2.24) is 0 Å². The molecule has 0 aliphatic heterocycles. The molecule has 118 valence electrons. The molecule has 0 N–H and O–H groups in total. The van der Waals surface area contributed by atoms with Gasteiger partial charge in [0.15, 0.2) is 9.84 Å². The van der Waals surface area contributed by atoms with Crippen LogP contribution in [-0.2, 0) is 9.84 Å². The lowest BCUT2D eigenvalue weighted by Crippen LogP contribution is -2.04. The summed E-state index contributed by atoms with van der Waals surface area (Å²) >= 11 is 0. The van der Waals surface area contributed by atoms with E-state index in [4.69, 9.17) is 0 Å². The summed E-state index contributed by atoms with van der Waals surface area (Å²) in [6, 6.07) is 4.45. The predicted molar refractivity (Wildman–Crippen MR) is 92.6 cm³/mol. The van der Waals surface area contributed by atoms with Crippen LogP contribution in [0.3, 0.4) is 0 Å². The molecule has 1 rings (SSSR count). The maximum Gasteiger partial charge on any atom is 0.168 e. The minimum Gasteiger partial charge on any atom is -0.225 e. The van der Waals surface area contributed by atoms with Crippen LogP contribution < -0.4 is 0 Å². The Morgan fingerprint density at radius 3 is 1.57 bits per heavy atom. The summed E-state index contributed by atoms with van der Waals surface area (Å²) in [5.74, 6) is 1.19. The van der Waals surface area contributed by atoms with E-state index in [0.29, 0.717) is 17.8 Å². The molecule has 0 unspecified atom stereocenters. The van der Waals surface area contributed by atoms with Crippen molar-refractivity contribution in [2.75, 3.05) is 6.26 Å². The van der Waals surface area contributed by atoms with E-state index in [0.717, 1.165) is 5.56 Å². The summed E-state index contributed by atoms with van der Waals surface area (Å²) in [5.41, 5.74) is 4.84. The van der Waals surface area contributed by atoms with Gasteiger partial charge in [0.25, 0.3) is 0 Å². The van der Waals surface area contributed by atoms with Gasteiger partial charge in [-0.05, 0) is 46.1 Å². The van der Waals surface area contributed by atoms with Crippen LogP contribution in [0.15, 0.2) is 17.5 Å². The zero-order chi connectivity index (χ0) is 16.4. The lowest BCUT2D eigenvalue weighted by atomic mass is 9.84. The third kappa shape index (κ3) is 4.99. The molecule has 3 heteroatoms. The first-order valence-electron chi connectivity index (χ1n) is 7.58. The summed E-state index contributed by atoms with van der Waals surface area (Å²) < 4.78 is 22.9. The molecule has 21 heavy (non-hydrogen) atoms. The first-order valence-corrected chi connectivity index (χ1v) is 9.54. The fourth-order valence-corrected chi connectivity index (χ4v) is 2.78. The van der Waals surface area contributed by atoms with Gasteiger partial charge in [0.1, 0.15) is 0 Å². The van der Waals surface area contributed by atoms with E-state index in [-0.39, 0.29) is 0 Å². The van der Waals surface area contributed by atoms with Crippen molar-refractivity contribution in [2.24, 2.45) is 0 Å². The third-order valence-electron chi connectivity index (χ3n) is 3.66. The molecule has 0 aromatic heterocycles. The van der Waals surface area contributed by atoms with Gasteiger partial charge < -0.3 is 0 Å². The van der Waals surface area contributed by atoms with Gasteiger partial charge in [0.2, 0.25) is 0 Å². The summed E-state index contributed by atoms with van der Waals surface area (Å²) in [7, 11) is -3.11. The van der Waals surface area contributed by atoms with Crippen LogP contribution in [-0.4, -0.2) is 14.7 Å². The largest absolute Gasteiger partial charge is 0.225 e. The van der Waals surface area contributed by atoms with Gasteiger partial charge in [-0.15, -0.1) is 0 Å². The number of sulfone groups is 1. The quantitative estimate of drug-likeness (QED) is 0.761. The molecule has 0 fully saturated rings. The zero-order valence-electron chi connectivity index (χ0n) is 14.3. The minimum absolute atomic E-state index is 0.361. The van der Waals surface area contributed by atoms with Crippen molar-refractivity contribution in [3.05, 3.63) is 39.8 Å². The number of rotatable bonds is 5. The Morgan fingerprint density at radius 1 is 0.857 bits per heavy atom. The highest BCUT2D eigenvalue weighted by molar-refractivity contribution is 7.93. The Hall–Kier alpha value is -1.09. The normalized spacial score (nSPS) is 13.0. The second-order valence-electron chi connectivity index (χ2n) is 6.71. The van der Waals surface area contributed by atoms with Crippen molar-refractivity contribution in [3.8, 4) is 0 Å². The van der Waals surface area contributed by atoms with E-state index in [1.165, 1.54) is 28.4 Å². The number of benzene rings is 1. The summed E-state index contributed by atoms with van der Waals surface area (Å²) in [6.07, 6.45) is 3.00. The summed E-state index contributed by atoms with van der Waals surface area (Å²) in [5, 5.41) is 1.31. The van der Waals surface area contributed by atoms with Gasteiger partial charge in [-0.3, -0.25) is 0 Å². The van der Waals surface area contributed by atoms with E-state index in [9.17, 15) is 8.42 Å². The van der Waals surface area contributed by atoms with Crippen LogP contribution in [0.25, 0.3) is 6.08 Å². The van der Waals surface area contributed by atoms with Crippen LogP contribution in [0, 0.1) is 0 Å². The topological polar surface area (TPSA) is 34.1 Å². The average Bonchev–Trinajstić information content (AvgIpc) is 2.33. The van der Waals surface area contributed by atoms with Crippen LogP contribution in [0.1, 0.15) is 81.5 Å². The molecule has 0 saturated heterocycles. The first kappa shape index (κ1) is 18.0. The van der Waals surface area contributed by atoms with Crippen LogP contribution in [0.4, 0.5) is 0 Å².